The molecule has 0 unspecified atom stereocenters. The van der Waals surface area contributed by atoms with E-state index in [4.69, 9.17) is 0 Å². The SMILES string of the molecule is CCCCCCCC/C=C\CCCCCCCCNc1ccc(O)c(C(=O)CCCCCCCCCCCCC)c1. The first-order valence-corrected chi connectivity index (χ1v) is 17.9. The van der Waals surface area contributed by atoms with Crippen molar-refractivity contribution in [2.24, 2.45) is 0 Å². The van der Waals surface area contributed by atoms with Gasteiger partial charge in [0.05, 0.1) is 5.56 Å². The lowest BCUT2D eigenvalue weighted by molar-refractivity contribution is 0.0976. The van der Waals surface area contributed by atoms with Gasteiger partial charge in [-0.25, -0.2) is 0 Å². The number of phenolic OH excluding ortho intramolecular Hbond substituents is 1. The van der Waals surface area contributed by atoms with Crippen LogP contribution in [0.5, 0.6) is 5.75 Å². The Morgan fingerprint density at radius 1 is 0.610 bits per heavy atom. The minimum Gasteiger partial charge on any atom is -0.507 e. The standard InChI is InChI=1S/C38H67NO2/c1-3-5-7-9-11-13-15-16-17-18-19-21-23-25-27-29-33-39-35-31-32-38(41)36(34-35)37(40)30-28-26-24-22-20-14-12-10-8-6-4-2/h16-17,31-32,34,39,41H,3-15,18-30,33H2,1-2H3/b17-16-. The number of anilines is 1. The van der Waals surface area contributed by atoms with Crippen LogP contribution in [0.2, 0.25) is 0 Å². The smallest absolute Gasteiger partial charge is 0.166 e. The Morgan fingerprint density at radius 2 is 1.05 bits per heavy atom. The monoisotopic (exact) mass is 570 g/mol. The van der Waals surface area contributed by atoms with Crippen LogP contribution in [0.3, 0.4) is 0 Å². The number of nitrogens with one attached hydrogen (secondary N) is 1. The molecule has 0 aliphatic carbocycles. The zero-order valence-electron chi connectivity index (χ0n) is 27.3. The van der Waals surface area contributed by atoms with Gasteiger partial charge in [-0.3, -0.25) is 4.79 Å². The largest absolute Gasteiger partial charge is 0.507 e. The molecule has 1 aromatic carbocycles. The van der Waals surface area contributed by atoms with E-state index >= 15 is 0 Å². The second-order valence-electron chi connectivity index (χ2n) is 12.3. The second-order valence-corrected chi connectivity index (χ2v) is 12.3. The predicted molar refractivity (Wildman–Crippen MR) is 181 cm³/mol. The summed E-state index contributed by atoms with van der Waals surface area (Å²) in [5.41, 5.74) is 1.42. The quantitative estimate of drug-likeness (QED) is 0.0419. The number of phenols is 1. The highest BCUT2D eigenvalue weighted by atomic mass is 16.3. The van der Waals surface area contributed by atoms with Gasteiger partial charge in [-0.15, -0.1) is 0 Å². The van der Waals surface area contributed by atoms with Gasteiger partial charge in [-0.05, 0) is 56.7 Å². The fourth-order valence-electron chi connectivity index (χ4n) is 5.56. The van der Waals surface area contributed by atoms with Crippen LogP contribution in [-0.4, -0.2) is 17.4 Å². The van der Waals surface area contributed by atoms with E-state index in [-0.39, 0.29) is 11.5 Å². The zero-order chi connectivity index (χ0) is 29.6. The van der Waals surface area contributed by atoms with E-state index in [9.17, 15) is 9.90 Å². The molecule has 1 rings (SSSR count). The third-order valence-electron chi connectivity index (χ3n) is 8.32. The molecule has 41 heavy (non-hydrogen) atoms. The first-order chi connectivity index (χ1) is 20.2. The summed E-state index contributed by atoms with van der Waals surface area (Å²) in [5.74, 6) is 0.181. The van der Waals surface area contributed by atoms with Crippen molar-refractivity contribution in [2.75, 3.05) is 11.9 Å². The summed E-state index contributed by atoms with van der Waals surface area (Å²) in [7, 11) is 0. The molecule has 0 bridgehead atoms. The molecule has 0 saturated heterocycles. The molecule has 2 N–H and O–H groups in total. The van der Waals surface area contributed by atoms with Crippen molar-refractivity contribution in [3.8, 4) is 5.75 Å². The number of Topliss-reactive ketones (excluding diaryl/α,β-unsaturated/α-hetero) is 1. The highest BCUT2D eigenvalue weighted by molar-refractivity contribution is 5.99. The molecule has 0 aliphatic rings. The summed E-state index contributed by atoms with van der Waals surface area (Å²) >= 11 is 0. The Morgan fingerprint density at radius 3 is 1.56 bits per heavy atom. The molecule has 0 spiro atoms. The van der Waals surface area contributed by atoms with Gasteiger partial charge in [0.15, 0.2) is 5.78 Å². The maximum absolute atomic E-state index is 12.7. The number of carbonyl (C=O) groups is 1. The Bertz CT molecular complexity index is 757. The molecule has 0 heterocycles. The van der Waals surface area contributed by atoms with Crippen molar-refractivity contribution in [1.82, 2.24) is 0 Å². The van der Waals surface area contributed by atoms with Gasteiger partial charge in [0, 0.05) is 18.7 Å². The number of unbranched alkanes of at least 4 members (excludes halogenated alkanes) is 22. The molecule has 0 saturated carbocycles. The van der Waals surface area contributed by atoms with Crippen molar-refractivity contribution in [3.63, 3.8) is 0 Å². The fourth-order valence-corrected chi connectivity index (χ4v) is 5.56. The van der Waals surface area contributed by atoms with Crippen molar-refractivity contribution in [3.05, 3.63) is 35.9 Å². The Balaban J connectivity index is 2.03. The molecule has 0 fully saturated rings. The Hall–Kier alpha value is -1.77. The Kier molecular flexibility index (Phi) is 25.8. The van der Waals surface area contributed by atoms with Crippen LogP contribution in [0.15, 0.2) is 30.4 Å². The van der Waals surface area contributed by atoms with Gasteiger partial charge < -0.3 is 10.4 Å². The number of rotatable bonds is 30. The predicted octanol–water partition coefficient (Wildman–Crippen LogP) is 12.7. The van der Waals surface area contributed by atoms with Gasteiger partial charge in [0.25, 0.3) is 0 Å². The minimum absolute atomic E-state index is 0.0688. The minimum atomic E-state index is 0.0688. The molecule has 1 aromatic rings. The molecule has 3 heteroatoms. The molecule has 0 radical (unpaired) electrons. The number of aromatic hydroxyl groups is 1. The average molecular weight is 570 g/mol. The van der Waals surface area contributed by atoms with E-state index < -0.39 is 0 Å². The molecule has 0 amide bonds. The number of ketones is 1. The van der Waals surface area contributed by atoms with Gasteiger partial charge in [-0.2, -0.15) is 0 Å². The van der Waals surface area contributed by atoms with Crippen LogP contribution in [0, 0.1) is 0 Å². The van der Waals surface area contributed by atoms with Gasteiger partial charge >= 0.3 is 0 Å². The number of hydrogen-bond donors (Lipinski definition) is 2. The third-order valence-corrected chi connectivity index (χ3v) is 8.32. The van der Waals surface area contributed by atoms with E-state index in [1.54, 1.807) is 6.07 Å². The van der Waals surface area contributed by atoms with Crippen molar-refractivity contribution < 1.29 is 9.90 Å². The van der Waals surface area contributed by atoms with E-state index in [0.717, 1.165) is 31.5 Å². The van der Waals surface area contributed by atoms with E-state index in [0.29, 0.717) is 12.0 Å². The topological polar surface area (TPSA) is 49.3 Å². The molecular weight excluding hydrogens is 502 g/mol. The van der Waals surface area contributed by atoms with E-state index in [2.05, 4.69) is 31.3 Å². The van der Waals surface area contributed by atoms with Crippen LogP contribution < -0.4 is 5.32 Å². The van der Waals surface area contributed by atoms with Gasteiger partial charge in [-0.1, -0.05) is 148 Å². The number of allylic oxidation sites excluding steroid dienone is 2. The normalized spacial score (nSPS) is 11.5. The molecule has 0 aromatic heterocycles. The summed E-state index contributed by atoms with van der Waals surface area (Å²) < 4.78 is 0. The summed E-state index contributed by atoms with van der Waals surface area (Å²) in [6.07, 6.45) is 37.8. The first-order valence-electron chi connectivity index (χ1n) is 17.9. The second kappa shape index (κ2) is 28.4. The molecule has 236 valence electrons. The number of hydrogen-bond acceptors (Lipinski definition) is 3. The summed E-state index contributed by atoms with van der Waals surface area (Å²) in [5, 5.41) is 13.7. The lowest BCUT2D eigenvalue weighted by atomic mass is 10.0. The number of benzene rings is 1. The zero-order valence-corrected chi connectivity index (χ0v) is 27.3. The van der Waals surface area contributed by atoms with Crippen LogP contribution in [-0.2, 0) is 0 Å². The summed E-state index contributed by atoms with van der Waals surface area (Å²) in [6, 6.07) is 5.39. The molecule has 0 aliphatic heterocycles. The van der Waals surface area contributed by atoms with Crippen molar-refractivity contribution >= 4 is 11.5 Å². The van der Waals surface area contributed by atoms with E-state index in [1.165, 1.54) is 141 Å². The Labute approximate surface area is 255 Å². The highest BCUT2D eigenvalue weighted by Gasteiger charge is 2.12. The third kappa shape index (κ3) is 22.5. The van der Waals surface area contributed by atoms with Gasteiger partial charge in [0.1, 0.15) is 5.75 Å². The lowest BCUT2D eigenvalue weighted by Crippen LogP contribution is -2.04. The van der Waals surface area contributed by atoms with Crippen molar-refractivity contribution in [2.45, 2.75) is 181 Å². The van der Waals surface area contributed by atoms with Gasteiger partial charge in [0.2, 0.25) is 0 Å². The van der Waals surface area contributed by atoms with E-state index in [1.807, 2.05) is 12.1 Å². The summed E-state index contributed by atoms with van der Waals surface area (Å²) in [6.45, 7) is 5.46. The molecular formula is C38H67NO2. The van der Waals surface area contributed by atoms with Crippen molar-refractivity contribution in [1.29, 1.82) is 0 Å². The maximum Gasteiger partial charge on any atom is 0.166 e. The average Bonchev–Trinajstić information content (AvgIpc) is 2.98. The molecule has 3 nitrogen and oxygen atoms in total. The molecule has 0 atom stereocenters. The summed E-state index contributed by atoms with van der Waals surface area (Å²) in [4.78, 5) is 12.7. The maximum atomic E-state index is 12.7. The fraction of sp³-hybridized carbons (Fsp3) is 0.763. The van der Waals surface area contributed by atoms with Crippen LogP contribution in [0.4, 0.5) is 5.69 Å². The van der Waals surface area contributed by atoms with Crippen LogP contribution >= 0.6 is 0 Å². The van der Waals surface area contributed by atoms with Crippen LogP contribution in [0.1, 0.15) is 191 Å². The lowest BCUT2D eigenvalue weighted by Gasteiger charge is -2.10. The highest BCUT2D eigenvalue weighted by Crippen LogP contribution is 2.24. The first kappa shape index (κ1) is 37.3. The van der Waals surface area contributed by atoms with Crippen LogP contribution in [0.25, 0.3) is 0 Å². The number of carbonyl (C=O) groups excluding carboxylic acids is 1.